The standard InChI is InChI=1S/C15H22N2O4/c1-10-8-17(9-11(7-16)21-10)15(18)12-5-4-6-13(19-2)14(12)20-3/h4-6,10-11H,7-9,16H2,1-3H3. The van der Waals surface area contributed by atoms with Crippen LogP contribution in [0.15, 0.2) is 18.2 Å². The van der Waals surface area contributed by atoms with Crippen molar-refractivity contribution < 1.29 is 19.0 Å². The van der Waals surface area contributed by atoms with Crippen LogP contribution in [-0.4, -0.2) is 56.9 Å². The van der Waals surface area contributed by atoms with Gasteiger partial charge in [-0.1, -0.05) is 6.07 Å². The van der Waals surface area contributed by atoms with Gasteiger partial charge in [-0.25, -0.2) is 0 Å². The number of methoxy groups -OCH3 is 2. The molecule has 21 heavy (non-hydrogen) atoms. The van der Waals surface area contributed by atoms with E-state index in [1.54, 1.807) is 30.2 Å². The van der Waals surface area contributed by atoms with Gasteiger partial charge in [-0.2, -0.15) is 0 Å². The molecule has 2 unspecified atom stereocenters. The van der Waals surface area contributed by atoms with Gasteiger partial charge in [0, 0.05) is 19.6 Å². The number of nitrogens with two attached hydrogens (primary N) is 1. The maximum Gasteiger partial charge on any atom is 0.257 e. The normalized spacial score (nSPS) is 22.0. The highest BCUT2D eigenvalue weighted by atomic mass is 16.5. The number of para-hydroxylation sites is 1. The van der Waals surface area contributed by atoms with Gasteiger partial charge in [0.15, 0.2) is 11.5 Å². The number of carbonyl (C=O) groups is 1. The quantitative estimate of drug-likeness (QED) is 0.893. The average molecular weight is 294 g/mol. The molecule has 1 aromatic carbocycles. The zero-order valence-corrected chi connectivity index (χ0v) is 12.7. The van der Waals surface area contributed by atoms with Gasteiger partial charge in [0.25, 0.3) is 5.91 Å². The Labute approximate surface area is 124 Å². The molecule has 0 spiro atoms. The number of benzene rings is 1. The van der Waals surface area contributed by atoms with Crippen LogP contribution in [-0.2, 0) is 4.74 Å². The lowest BCUT2D eigenvalue weighted by Gasteiger charge is -2.36. The molecule has 1 aromatic rings. The van der Waals surface area contributed by atoms with Crippen molar-refractivity contribution in [2.45, 2.75) is 19.1 Å². The highest BCUT2D eigenvalue weighted by Gasteiger charge is 2.30. The number of hydrogen-bond acceptors (Lipinski definition) is 5. The SMILES string of the molecule is COc1cccc(C(=O)N2CC(C)OC(CN)C2)c1OC. The predicted octanol–water partition coefficient (Wildman–Crippen LogP) is 0.892. The minimum absolute atomic E-state index is 0.0344. The topological polar surface area (TPSA) is 74.0 Å². The van der Waals surface area contributed by atoms with Crippen molar-refractivity contribution in [2.75, 3.05) is 33.9 Å². The van der Waals surface area contributed by atoms with E-state index in [2.05, 4.69) is 0 Å². The van der Waals surface area contributed by atoms with Gasteiger partial charge in [-0.15, -0.1) is 0 Å². The van der Waals surface area contributed by atoms with Crippen LogP contribution in [0.1, 0.15) is 17.3 Å². The average Bonchev–Trinajstić information content (AvgIpc) is 2.52. The lowest BCUT2D eigenvalue weighted by Crippen LogP contribution is -2.51. The van der Waals surface area contributed by atoms with Crippen LogP contribution in [0.5, 0.6) is 11.5 Å². The molecule has 0 radical (unpaired) electrons. The summed E-state index contributed by atoms with van der Waals surface area (Å²) in [4.78, 5) is 14.5. The van der Waals surface area contributed by atoms with E-state index < -0.39 is 0 Å². The van der Waals surface area contributed by atoms with Crippen LogP contribution in [0.25, 0.3) is 0 Å². The van der Waals surface area contributed by atoms with E-state index >= 15 is 0 Å². The Bertz CT molecular complexity index is 506. The van der Waals surface area contributed by atoms with Crippen molar-refractivity contribution in [3.8, 4) is 11.5 Å². The molecular formula is C15H22N2O4. The van der Waals surface area contributed by atoms with Gasteiger partial charge in [0.1, 0.15) is 0 Å². The van der Waals surface area contributed by atoms with Gasteiger partial charge in [0.05, 0.1) is 32.0 Å². The number of nitrogens with zero attached hydrogens (tertiary/aromatic N) is 1. The van der Waals surface area contributed by atoms with Crippen LogP contribution in [0.4, 0.5) is 0 Å². The second-order valence-electron chi connectivity index (χ2n) is 5.06. The van der Waals surface area contributed by atoms with Gasteiger partial charge < -0.3 is 24.8 Å². The molecule has 0 saturated carbocycles. The van der Waals surface area contributed by atoms with E-state index in [-0.39, 0.29) is 18.1 Å². The second kappa shape index (κ2) is 6.78. The predicted molar refractivity (Wildman–Crippen MR) is 78.8 cm³/mol. The molecule has 6 nitrogen and oxygen atoms in total. The van der Waals surface area contributed by atoms with Crippen LogP contribution in [0.2, 0.25) is 0 Å². The Balaban J connectivity index is 2.27. The zero-order valence-electron chi connectivity index (χ0n) is 12.7. The molecule has 1 fully saturated rings. The molecule has 1 aliphatic heterocycles. The van der Waals surface area contributed by atoms with E-state index in [0.29, 0.717) is 36.7 Å². The molecular weight excluding hydrogens is 272 g/mol. The Morgan fingerprint density at radius 3 is 2.76 bits per heavy atom. The van der Waals surface area contributed by atoms with Crippen molar-refractivity contribution in [3.63, 3.8) is 0 Å². The van der Waals surface area contributed by atoms with Gasteiger partial charge in [-0.3, -0.25) is 4.79 Å². The molecule has 2 atom stereocenters. The summed E-state index contributed by atoms with van der Waals surface area (Å²) >= 11 is 0. The minimum Gasteiger partial charge on any atom is -0.493 e. The third-order valence-electron chi connectivity index (χ3n) is 3.51. The first-order chi connectivity index (χ1) is 10.1. The van der Waals surface area contributed by atoms with Crippen LogP contribution < -0.4 is 15.2 Å². The summed E-state index contributed by atoms with van der Waals surface area (Å²) in [5.74, 6) is 0.896. The van der Waals surface area contributed by atoms with E-state index in [4.69, 9.17) is 19.9 Å². The highest BCUT2D eigenvalue weighted by Crippen LogP contribution is 2.32. The van der Waals surface area contributed by atoms with E-state index in [1.165, 1.54) is 7.11 Å². The fraction of sp³-hybridized carbons (Fsp3) is 0.533. The van der Waals surface area contributed by atoms with Crippen LogP contribution >= 0.6 is 0 Å². The summed E-state index contributed by atoms with van der Waals surface area (Å²) in [7, 11) is 3.08. The number of amides is 1. The number of ether oxygens (including phenoxy) is 3. The first-order valence-corrected chi connectivity index (χ1v) is 6.96. The molecule has 2 rings (SSSR count). The molecule has 1 heterocycles. The Kier molecular flexibility index (Phi) is 5.03. The lowest BCUT2D eigenvalue weighted by molar-refractivity contribution is -0.0626. The van der Waals surface area contributed by atoms with E-state index in [0.717, 1.165) is 0 Å². The van der Waals surface area contributed by atoms with Crippen molar-refractivity contribution in [2.24, 2.45) is 5.73 Å². The van der Waals surface area contributed by atoms with Crippen LogP contribution in [0.3, 0.4) is 0 Å². The summed E-state index contributed by atoms with van der Waals surface area (Å²) < 4.78 is 16.2. The molecule has 1 amide bonds. The van der Waals surface area contributed by atoms with Crippen molar-refractivity contribution in [3.05, 3.63) is 23.8 Å². The van der Waals surface area contributed by atoms with Crippen molar-refractivity contribution in [1.82, 2.24) is 4.90 Å². The molecule has 0 aliphatic carbocycles. The third-order valence-corrected chi connectivity index (χ3v) is 3.51. The molecule has 0 bridgehead atoms. The van der Waals surface area contributed by atoms with Crippen molar-refractivity contribution in [1.29, 1.82) is 0 Å². The van der Waals surface area contributed by atoms with E-state index in [1.807, 2.05) is 6.92 Å². The van der Waals surface area contributed by atoms with Gasteiger partial charge in [0.2, 0.25) is 0 Å². The summed E-state index contributed by atoms with van der Waals surface area (Å²) in [6.07, 6.45) is -0.165. The van der Waals surface area contributed by atoms with Crippen molar-refractivity contribution >= 4 is 5.91 Å². The number of hydrogen-bond donors (Lipinski definition) is 1. The smallest absolute Gasteiger partial charge is 0.257 e. The monoisotopic (exact) mass is 294 g/mol. The summed E-state index contributed by atoms with van der Waals surface area (Å²) in [5.41, 5.74) is 6.15. The summed E-state index contributed by atoms with van der Waals surface area (Å²) in [5, 5.41) is 0. The first-order valence-electron chi connectivity index (χ1n) is 6.96. The Morgan fingerprint density at radius 1 is 1.38 bits per heavy atom. The van der Waals surface area contributed by atoms with Crippen LogP contribution in [0, 0.1) is 0 Å². The molecule has 6 heteroatoms. The van der Waals surface area contributed by atoms with Gasteiger partial charge >= 0.3 is 0 Å². The molecule has 116 valence electrons. The Morgan fingerprint density at radius 2 is 2.14 bits per heavy atom. The molecule has 1 aliphatic rings. The fourth-order valence-corrected chi connectivity index (χ4v) is 2.57. The number of carbonyl (C=O) groups excluding carboxylic acids is 1. The molecule has 0 aromatic heterocycles. The Hall–Kier alpha value is -1.79. The second-order valence-corrected chi connectivity index (χ2v) is 5.06. The summed E-state index contributed by atoms with van der Waals surface area (Å²) in [6.45, 7) is 3.35. The molecule has 2 N–H and O–H groups in total. The highest BCUT2D eigenvalue weighted by molar-refractivity contribution is 5.98. The summed E-state index contributed by atoms with van der Waals surface area (Å²) in [6, 6.07) is 5.28. The molecule has 1 saturated heterocycles. The maximum atomic E-state index is 12.7. The first kappa shape index (κ1) is 15.6. The number of rotatable bonds is 4. The number of morpholine rings is 1. The van der Waals surface area contributed by atoms with Gasteiger partial charge in [-0.05, 0) is 19.1 Å². The zero-order chi connectivity index (χ0) is 15.4. The minimum atomic E-state index is -0.130. The maximum absolute atomic E-state index is 12.7. The fourth-order valence-electron chi connectivity index (χ4n) is 2.57. The van der Waals surface area contributed by atoms with E-state index in [9.17, 15) is 4.79 Å². The largest absolute Gasteiger partial charge is 0.493 e. The lowest BCUT2D eigenvalue weighted by atomic mass is 10.1. The third kappa shape index (κ3) is 3.28.